The van der Waals surface area contributed by atoms with Gasteiger partial charge < -0.3 is 10.6 Å². The zero-order chi connectivity index (χ0) is 15.2. The summed E-state index contributed by atoms with van der Waals surface area (Å²) in [5.41, 5.74) is 7.85. The Hall–Kier alpha value is -1.65. The summed E-state index contributed by atoms with van der Waals surface area (Å²) in [7, 11) is 1.81. The molecule has 2 rings (SSSR count). The van der Waals surface area contributed by atoms with Gasteiger partial charge in [-0.2, -0.15) is 0 Å². The molecule has 3 nitrogen and oxygen atoms in total. The van der Waals surface area contributed by atoms with Gasteiger partial charge >= 0.3 is 0 Å². The van der Waals surface area contributed by atoms with Gasteiger partial charge in [-0.25, -0.2) is 0 Å². The molecule has 1 atom stereocenters. The van der Waals surface area contributed by atoms with Crippen molar-refractivity contribution >= 4 is 21.8 Å². The van der Waals surface area contributed by atoms with Crippen molar-refractivity contribution in [1.29, 1.82) is 0 Å². The fourth-order valence-electron chi connectivity index (χ4n) is 2.29. The summed E-state index contributed by atoms with van der Waals surface area (Å²) in [6.07, 6.45) is 0. The molecule has 4 heteroatoms. The maximum atomic E-state index is 12.6. The van der Waals surface area contributed by atoms with Crippen molar-refractivity contribution in [2.75, 3.05) is 13.6 Å². The van der Waals surface area contributed by atoms with E-state index < -0.39 is 0 Å². The van der Waals surface area contributed by atoms with Crippen molar-refractivity contribution in [2.24, 2.45) is 5.73 Å². The number of nitrogens with zero attached hydrogens (tertiary/aromatic N) is 1. The SMILES string of the molecule is CN(Cc1ccccc1Br)C(=O)C(CN)c1ccccc1. The van der Waals surface area contributed by atoms with Gasteiger partial charge in [0, 0.05) is 24.6 Å². The number of hydrogen-bond acceptors (Lipinski definition) is 2. The molecule has 0 fully saturated rings. The Balaban J connectivity index is 2.13. The third kappa shape index (κ3) is 3.93. The molecule has 0 saturated heterocycles. The van der Waals surface area contributed by atoms with E-state index in [2.05, 4.69) is 15.9 Å². The summed E-state index contributed by atoms with van der Waals surface area (Å²) in [6, 6.07) is 17.6. The van der Waals surface area contributed by atoms with Crippen molar-refractivity contribution in [1.82, 2.24) is 4.90 Å². The van der Waals surface area contributed by atoms with Crippen LogP contribution in [0.15, 0.2) is 59.1 Å². The highest BCUT2D eigenvalue weighted by Gasteiger charge is 2.22. The van der Waals surface area contributed by atoms with E-state index in [0.717, 1.165) is 15.6 Å². The normalized spacial score (nSPS) is 12.0. The number of hydrogen-bond donors (Lipinski definition) is 1. The Kier molecular flexibility index (Phi) is 5.53. The quantitative estimate of drug-likeness (QED) is 0.903. The van der Waals surface area contributed by atoms with Crippen molar-refractivity contribution in [3.8, 4) is 0 Å². The second-order valence-electron chi connectivity index (χ2n) is 4.98. The van der Waals surface area contributed by atoms with Crippen LogP contribution in [0.25, 0.3) is 0 Å². The summed E-state index contributed by atoms with van der Waals surface area (Å²) in [5, 5.41) is 0. The summed E-state index contributed by atoms with van der Waals surface area (Å²) < 4.78 is 1.01. The second-order valence-corrected chi connectivity index (χ2v) is 5.84. The molecule has 0 saturated carbocycles. The number of amides is 1. The van der Waals surface area contributed by atoms with Gasteiger partial charge in [0.25, 0.3) is 0 Å². The van der Waals surface area contributed by atoms with Crippen molar-refractivity contribution in [3.05, 3.63) is 70.2 Å². The maximum Gasteiger partial charge on any atom is 0.231 e. The zero-order valence-electron chi connectivity index (χ0n) is 12.0. The Bertz CT molecular complexity index is 601. The molecule has 0 radical (unpaired) electrons. The molecule has 0 bridgehead atoms. The van der Waals surface area contributed by atoms with E-state index in [1.165, 1.54) is 0 Å². The van der Waals surface area contributed by atoms with E-state index >= 15 is 0 Å². The summed E-state index contributed by atoms with van der Waals surface area (Å²) in [5.74, 6) is -0.252. The third-order valence-corrected chi connectivity index (χ3v) is 4.25. The lowest BCUT2D eigenvalue weighted by Gasteiger charge is -2.23. The van der Waals surface area contributed by atoms with Gasteiger partial charge in [-0.1, -0.05) is 64.5 Å². The largest absolute Gasteiger partial charge is 0.341 e. The van der Waals surface area contributed by atoms with Gasteiger partial charge in [0.1, 0.15) is 0 Å². The van der Waals surface area contributed by atoms with Crippen LogP contribution >= 0.6 is 15.9 Å². The highest BCUT2D eigenvalue weighted by atomic mass is 79.9. The van der Waals surface area contributed by atoms with Crippen LogP contribution in [0.5, 0.6) is 0 Å². The van der Waals surface area contributed by atoms with Crippen LogP contribution in [0.3, 0.4) is 0 Å². The molecule has 0 aromatic heterocycles. The summed E-state index contributed by atoms with van der Waals surface area (Å²) in [6.45, 7) is 0.868. The molecule has 2 aromatic carbocycles. The fourth-order valence-corrected chi connectivity index (χ4v) is 2.70. The molecule has 2 N–H and O–H groups in total. The number of halogens is 1. The van der Waals surface area contributed by atoms with Crippen LogP contribution < -0.4 is 5.73 Å². The van der Waals surface area contributed by atoms with Gasteiger partial charge in [0.15, 0.2) is 0 Å². The smallest absolute Gasteiger partial charge is 0.231 e. The van der Waals surface area contributed by atoms with Gasteiger partial charge in [0.2, 0.25) is 5.91 Å². The number of nitrogens with two attached hydrogens (primary N) is 1. The molecule has 0 aliphatic rings. The van der Waals surface area contributed by atoms with E-state index in [9.17, 15) is 4.79 Å². The van der Waals surface area contributed by atoms with E-state index in [1.54, 1.807) is 4.90 Å². The minimum atomic E-state index is -0.293. The Morgan fingerprint density at radius 3 is 2.38 bits per heavy atom. The van der Waals surface area contributed by atoms with E-state index in [-0.39, 0.29) is 11.8 Å². The Morgan fingerprint density at radius 1 is 1.14 bits per heavy atom. The molecular weight excluding hydrogens is 328 g/mol. The van der Waals surface area contributed by atoms with Gasteiger partial charge in [-0.15, -0.1) is 0 Å². The minimum absolute atomic E-state index is 0.0412. The van der Waals surface area contributed by atoms with Crippen LogP contribution in [-0.2, 0) is 11.3 Å². The second kappa shape index (κ2) is 7.38. The van der Waals surface area contributed by atoms with Crippen LogP contribution in [0.2, 0.25) is 0 Å². The van der Waals surface area contributed by atoms with Crippen molar-refractivity contribution in [2.45, 2.75) is 12.5 Å². The lowest BCUT2D eigenvalue weighted by atomic mass is 9.97. The molecule has 1 amide bonds. The molecule has 2 aromatic rings. The number of carbonyl (C=O) groups is 1. The van der Waals surface area contributed by atoms with Crippen molar-refractivity contribution in [3.63, 3.8) is 0 Å². The monoisotopic (exact) mass is 346 g/mol. The Labute approximate surface area is 133 Å². The molecule has 21 heavy (non-hydrogen) atoms. The lowest BCUT2D eigenvalue weighted by Crippen LogP contribution is -2.34. The van der Waals surface area contributed by atoms with E-state index in [0.29, 0.717) is 13.1 Å². The van der Waals surface area contributed by atoms with E-state index in [1.807, 2.05) is 61.6 Å². The summed E-state index contributed by atoms with van der Waals surface area (Å²) in [4.78, 5) is 14.3. The highest BCUT2D eigenvalue weighted by molar-refractivity contribution is 9.10. The van der Waals surface area contributed by atoms with Crippen LogP contribution in [-0.4, -0.2) is 24.4 Å². The first-order valence-electron chi connectivity index (χ1n) is 6.87. The first kappa shape index (κ1) is 15.7. The number of rotatable bonds is 5. The molecule has 1 unspecified atom stereocenters. The lowest BCUT2D eigenvalue weighted by molar-refractivity contribution is -0.131. The number of carbonyl (C=O) groups excluding carboxylic acids is 1. The predicted octanol–water partition coefficient (Wildman–Crippen LogP) is 3.15. The average Bonchev–Trinajstić information content (AvgIpc) is 2.51. The first-order chi connectivity index (χ1) is 10.1. The number of likely N-dealkylation sites (N-methyl/N-ethyl adjacent to an activating group) is 1. The predicted molar refractivity (Wildman–Crippen MR) is 88.9 cm³/mol. The van der Waals surface area contributed by atoms with Crippen LogP contribution in [0, 0.1) is 0 Å². The first-order valence-corrected chi connectivity index (χ1v) is 7.66. The Morgan fingerprint density at radius 2 is 1.76 bits per heavy atom. The average molecular weight is 347 g/mol. The highest BCUT2D eigenvalue weighted by Crippen LogP contribution is 2.21. The molecular formula is C17H19BrN2O. The maximum absolute atomic E-state index is 12.6. The topological polar surface area (TPSA) is 46.3 Å². The molecule has 110 valence electrons. The van der Waals surface area contributed by atoms with Gasteiger partial charge in [-0.3, -0.25) is 4.79 Å². The van der Waals surface area contributed by atoms with Gasteiger partial charge in [0.05, 0.1) is 5.92 Å². The molecule has 0 heterocycles. The van der Waals surface area contributed by atoms with Crippen LogP contribution in [0.4, 0.5) is 0 Å². The third-order valence-electron chi connectivity index (χ3n) is 3.48. The molecule has 0 spiro atoms. The van der Waals surface area contributed by atoms with Crippen molar-refractivity contribution < 1.29 is 4.79 Å². The van der Waals surface area contributed by atoms with E-state index in [4.69, 9.17) is 5.73 Å². The fraction of sp³-hybridized carbons (Fsp3) is 0.235. The standard InChI is InChI=1S/C17H19BrN2O/c1-20(12-14-9-5-6-10-16(14)18)17(21)15(11-19)13-7-3-2-4-8-13/h2-10,15H,11-12,19H2,1H3. The summed E-state index contributed by atoms with van der Waals surface area (Å²) >= 11 is 3.51. The van der Waals surface area contributed by atoms with Gasteiger partial charge in [-0.05, 0) is 17.2 Å². The zero-order valence-corrected chi connectivity index (χ0v) is 13.6. The molecule has 0 aliphatic carbocycles. The molecule has 0 aliphatic heterocycles. The number of benzene rings is 2. The minimum Gasteiger partial charge on any atom is -0.341 e. The van der Waals surface area contributed by atoms with Crippen LogP contribution in [0.1, 0.15) is 17.0 Å².